The number of amides is 1. The van der Waals surface area contributed by atoms with E-state index >= 15 is 0 Å². The number of nitrogens with one attached hydrogen (secondary N) is 2. The van der Waals surface area contributed by atoms with Crippen LogP contribution in [-0.4, -0.2) is 58.9 Å². The molecule has 2 atom stereocenters. The monoisotopic (exact) mass is 494 g/mol. The minimum atomic E-state index is -3.89. The normalized spacial score (nSPS) is 13.3. The Bertz CT molecular complexity index is 1020. The Kier molecular flexibility index (Phi) is 10.2. The number of benzene rings is 2. The number of para-hydroxylation sites is 1. The van der Waals surface area contributed by atoms with Crippen molar-refractivity contribution < 1.29 is 32.5 Å². The molecule has 10 heteroatoms. The number of ether oxygens (including phenoxy) is 3. The second-order valence-corrected chi connectivity index (χ2v) is 10.0. The summed E-state index contributed by atoms with van der Waals surface area (Å²) < 4.78 is 44.2. The molecule has 1 amide bonds. The SMILES string of the molecule is COc1cccc(OC)c1OC[C@H](O)CNC(=O)[C@@H](CC(C)C)NS(=O)(=O)c1ccc(C)cc1. The van der Waals surface area contributed by atoms with Crippen LogP contribution >= 0.6 is 0 Å². The van der Waals surface area contributed by atoms with Crippen LogP contribution in [0.15, 0.2) is 47.4 Å². The lowest BCUT2D eigenvalue weighted by Crippen LogP contribution is -2.49. The summed E-state index contributed by atoms with van der Waals surface area (Å²) in [5.41, 5.74) is 0.928. The molecular formula is C24H34N2O7S. The molecule has 0 aliphatic rings. The van der Waals surface area contributed by atoms with Crippen LogP contribution in [-0.2, 0) is 14.8 Å². The summed E-state index contributed by atoms with van der Waals surface area (Å²) >= 11 is 0. The van der Waals surface area contributed by atoms with E-state index in [1.165, 1.54) is 26.4 Å². The Balaban J connectivity index is 2.00. The van der Waals surface area contributed by atoms with E-state index in [1.54, 1.807) is 30.3 Å². The number of rotatable bonds is 13. The van der Waals surface area contributed by atoms with Crippen LogP contribution in [0.1, 0.15) is 25.8 Å². The maximum absolute atomic E-state index is 12.8. The molecule has 0 bridgehead atoms. The van der Waals surface area contributed by atoms with Gasteiger partial charge in [0.15, 0.2) is 11.5 Å². The van der Waals surface area contributed by atoms with E-state index in [9.17, 15) is 18.3 Å². The summed E-state index contributed by atoms with van der Waals surface area (Å²) in [7, 11) is -0.911. The fourth-order valence-electron chi connectivity index (χ4n) is 3.19. The summed E-state index contributed by atoms with van der Waals surface area (Å²) in [5, 5.41) is 12.9. The van der Waals surface area contributed by atoms with Gasteiger partial charge in [-0.15, -0.1) is 0 Å². The molecule has 0 unspecified atom stereocenters. The minimum Gasteiger partial charge on any atom is -0.493 e. The van der Waals surface area contributed by atoms with E-state index in [4.69, 9.17) is 14.2 Å². The predicted molar refractivity (Wildman–Crippen MR) is 129 cm³/mol. The van der Waals surface area contributed by atoms with Crippen molar-refractivity contribution in [3.8, 4) is 17.2 Å². The molecule has 0 saturated carbocycles. The number of aliphatic hydroxyl groups is 1. The van der Waals surface area contributed by atoms with E-state index < -0.39 is 28.1 Å². The van der Waals surface area contributed by atoms with Crippen LogP contribution in [0.2, 0.25) is 0 Å². The fourth-order valence-corrected chi connectivity index (χ4v) is 4.40. The van der Waals surface area contributed by atoms with Crippen LogP contribution < -0.4 is 24.2 Å². The number of hydrogen-bond acceptors (Lipinski definition) is 7. The Hall–Kier alpha value is -2.82. The van der Waals surface area contributed by atoms with Crippen molar-refractivity contribution in [3.63, 3.8) is 0 Å². The zero-order valence-electron chi connectivity index (χ0n) is 20.2. The maximum Gasteiger partial charge on any atom is 0.241 e. The zero-order chi connectivity index (χ0) is 25.3. The summed E-state index contributed by atoms with van der Waals surface area (Å²) in [6.45, 7) is 5.38. The topological polar surface area (TPSA) is 123 Å². The number of methoxy groups -OCH3 is 2. The Morgan fingerprint density at radius 1 is 1.03 bits per heavy atom. The number of carbonyl (C=O) groups excluding carboxylic acids is 1. The second kappa shape index (κ2) is 12.6. The lowest BCUT2D eigenvalue weighted by atomic mass is 10.0. The molecule has 0 aliphatic heterocycles. The number of aliphatic hydroxyl groups excluding tert-OH is 1. The van der Waals surface area contributed by atoms with Crippen molar-refractivity contribution in [2.24, 2.45) is 5.92 Å². The Labute approximate surface area is 201 Å². The second-order valence-electron chi connectivity index (χ2n) is 8.32. The fraction of sp³-hybridized carbons (Fsp3) is 0.458. The molecule has 0 fully saturated rings. The van der Waals surface area contributed by atoms with Crippen LogP contribution in [0.25, 0.3) is 0 Å². The number of carbonyl (C=O) groups is 1. The molecular weight excluding hydrogens is 460 g/mol. The van der Waals surface area contributed by atoms with Gasteiger partial charge in [-0.2, -0.15) is 4.72 Å². The highest BCUT2D eigenvalue weighted by molar-refractivity contribution is 7.89. The molecule has 2 rings (SSSR count). The first-order valence-corrected chi connectivity index (χ1v) is 12.4. The van der Waals surface area contributed by atoms with E-state index in [1.807, 2.05) is 20.8 Å². The Morgan fingerprint density at radius 3 is 2.15 bits per heavy atom. The molecule has 0 aromatic heterocycles. The van der Waals surface area contributed by atoms with Gasteiger partial charge in [0.05, 0.1) is 19.1 Å². The first kappa shape index (κ1) is 27.4. The van der Waals surface area contributed by atoms with E-state index in [-0.39, 0.29) is 24.0 Å². The van der Waals surface area contributed by atoms with Gasteiger partial charge < -0.3 is 24.6 Å². The van der Waals surface area contributed by atoms with Gasteiger partial charge in [-0.05, 0) is 43.5 Å². The van der Waals surface area contributed by atoms with Crippen molar-refractivity contribution in [1.29, 1.82) is 0 Å². The third-order valence-electron chi connectivity index (χ3n) is 4.97. The van der Waals surface area contributed by atoms with E-state index in [2.05, 4.69) is 10.0 Å². The van der Waals surface area contributed by atoms with Crippen molar-refractivity contribution in [3.05, 3.63) is 48.0 Å². The van der Waals surface area contributed by atoms with Gasteiger partial charge in [-0.25, -0.2) is 8.42 Å². The van der Waals surface area contributed by atoms with Gasteiger partial charge >= 0.3 is 0 Å². The largest absolute Gasteiger partial charge is 0.493 e. The average molecular weight is 495 g/mol. The Morgan fingerprint density at radius 2 is 1.62 bits per heavy atom. The number of hydrogen-bond donors (Lipinski definition) is 3. The average Bonchev–Trinajstić information content (AvgIpc) is 2.80. The van der Waals surface area contributed by atoms with E-state index in [0.717, 1.165) is 5.56 Å². The third kappa shape index (κ3) is 7.89. The maximum atomic E-state index is 12.8. The van der Waals surface area contributed by atoms with Crippen LogP contribution in [0, 0.1) is 12.8 Å². The molecule has 0 radical (unpaired) electrons. The van der Waals surface area contributed by atoms with Crippen LogP contribution in [0.4, 0.5) is 0 Å². The predicted octanol–water partition coefficient (Wildman–Crippen LogP) is 2.26. The standard InChI is InChI=1S/C24H34N2O7S/c1-16(2)13-20(26-34(29,30)19-11-9-17(3)10-12-19)24(28)25-14-18(27)15-33-23-21(31-4)7-6-8-22(23)32-5/h6-12,16,18,20,26-27H,13-15H2,1-5H3,(H,25,28)/t18-,20-/m1/s1. The van der Waals surface area contributed by atoms with Gasteiger partial charge in [-0.1, -0.05) is 37.6 Å². The molecule has 2 aromatic carbocycles. The molecule has 0 saturated heterocycles. The van der Waals surface area contributed by atoms with E-state index in [0.29, 0.717) is 23.7 Å². The van der Waals surface area contributed by atoms with Crippen molar-refractivity contribution >= 4 is 15.9 Å². The molecule has 0 heterocycles. The van der Waals surface area contributed by atoms with Gasteiger partial charge in [-0.3, -0.25) is 4.79 Å². The summed E-state index contributed by atoms with van der Waals surface area (Å²) in [4.78, 5) is 12.9. The minimum absolute atomic E-state index is 0.0581. The lowest BCUT2D eigenvalue weighted by Gasteiger charge is -2.21. The number of sulfonamides is 1. The van der Waals surface area contributed by atoms with Gasteiger partial charge in [0.2, 0.25) is 21.7 Å². The molecule has 0 aliphatic carbocycles. The highest BCUT2D eigenvalue weighted by atomic mass is 32.2. The van der Waals surface area contributed by atoms with Crippen molar-refractivity contribution in [2.45, 2.75) is 44.2 Å². The quantitative estimate of drug-likeness (QED) is 0.390. The number of aryl methyl sites for hydroxylation is 1. The molecule has 34 heavy (non-hydrogen) atoms. The van der Waals surface area contributed by atoms with Gasteiger partial charge in [0, 0.05) is 6.54 Å². The summed E-state index contributed by atoms with van der Waals surface area (Å²) in [6, 6.07) is 10.5. The zero-order valence-corrected chi connectivity index (χ0v) is 21.0. The third-order valence-corrected chi connectivity index (χ3v) is 6.45. The van der Waals surface area contributed by atoms with Crippen molar-refractivity contribution in [2.75, 3.05) is 27.4 Å². The smallest absolute Gasteiger partial charge is 0.241 e. The summed E-state index contributed by atoms with van der Waals surface area (Å²) in [6.07, 6.45) is -0.756. The summed E-state index contributed by atoms with van der Waals surface area (Å²) in [5.74, 6) is 0.749. The molecule has 0 spiro atoms. The van der Waals surface area contributed by atoms with Gasteiger partial charge in [0.25, 0.3) is 0 Å². The highest BCUT2D eigenvalue weighted by Gasteiger charge is 2.27. The highest BCUT2D eigenvalue weighted by Crippen LogP contribution is 2.36. The lowest BCUT2D eigenvalue weighted by molar-refractivity contribution is -0.123. The first-order valence-electron chi connectivity index (χ1n) is 11.0. The molecule has 188 valence electrons. The molecule has 2 aromatic rings. The first-order chi connectivity index (χ1) is 16.1. The van der Waals surface area contributed by atoms with Gasteiger partial charge in [0.1, 0.15) is 18.8 Å². The van der Waals surface area contributed by atoms with Crippen molar-refractivity contribution in [1.82, 2.24) is 10.0 Å². The van der Waals surface area contributed by atoms with Crippen LogP contribution in [0.5, 0.6) is 17.2 Å². The molecule has 9 nitrogen and oxygen atoms in total. The molecule has 3 N–H and O–H groups in total. The van der Waals surface area contributed by atoms with Crippen LogP contribution in [0.3, 0.4) is 0 Å².